The summed E-state index contributed by atoms with van der Waals surface area (Å²) in [5, 5.41) is 32.5. The van der Waals surface area contributed by atoms with Crippen molar-refractivity contribution in [3.8, 4) is 44.9 Å². The zero-order valence-electron chi connectivity index (χ0n) is 23.3. The number of hydrogen-bond donors (Lipinski definition) is 2. The van der Waals surface area contributed by atoms with Crippen LogP contribution in [-0.4, -0.2) is 10.2 Å². The molecule has 0 aliphatic rings. The summed E-state index contributed by atoms with van der Waals surface area (Å²) in [7, 11) is 0. The summed E-state index contributed by atoms with van der Waals surface area (Å²) in [6, 6.07) is 49.2. The summed E-state index contributed by atoms with van der Waals surface area (Å²) in [4.78, 5) is 0. The van der Waals surface area contributed by atoms with E-state index in [4.69, 9.17) is 0 Å². The van der Waals surface area contributed by atoms with Crippen molar-refractivity contribution in [2.75, 3.05) is 0 Å². The molecular formula is C40H28O2S. The van der Waals surface area contributed by atoms with Gasteiger partial charge in [-0.15, -0.1) is 0 Å². The largest absolute Gasteiger partial charge is 0.507 e. The molecule has 0 amide bonds. The molecule has 0 heterocycles. The Morgan fingerprint density at radius 3 is 1.09 bits per heavy atom. The molecule has 0 bridgehead atoms. The van der Waals surface area contributed by atoms with Gasteiger partial charge < -0.3 is 10.2 Å². The van der Waals surface area contributed by atoms with Gasteiger partial charge in [0.15, 0.2) is 0 Å². The molecule has 43 heavy (non-hydrogen) atoms. The number of rotatable bonds is 3. The molecule has 206 valence electrons. The normalized spacial score (nSPS) is 11.3. The Labute approximate surface area is 256 Å². The summed E-state index contributed by atoms with van der Waals surface area (Å²) in [6.07, 6.45) is 0. The number of phenolic OH excluding ortho intramolecular Hbond substituents is 2. The second-order valence-electron chi connectivity index (χ2n) is 10.9. The van der Waals surface area contributed by atoms with Gasteiger partial charge in [-0.2, -0.15) is 13.5 Å². The van der Waals surface area contributed by atoms with Gasteiger partial charge >= 0.3 is 0 Å². The van der Waals surface area contributed by atoms with Crippen molar-refractivity contribution in [3.05, 3.63) is 146 Å². The van der Waals surface area contributed by atoms with Crippen LogP contribution < -0.4 is 0 Å². The Morgan fingerprint density at radius 2 is 0.674 bits per heavy atom. The third kappa shape index (κ3) is 4.37. The zero-order chi connectivity index (χ0) is 28.2. The first-order chi connectivity index (χ1) is 20.7. The minimum Gasteiger partial charge on any atom is -0.507 e. The molecule has 0 saturated carbocycles. The van der Waals surface area contributed by atoms with Gasteiger partial charge in [0.1, 0.15) is 11.5 Å². The van der Waals surface area contributed by atoms with Crippen LogP contribution in [0.4, 0.5) is 0 Å². The quantitative estimate of drug-likeness (QED) is 0.221. The van der Waals surface area contributed by atoms with Crippen LogP contribution in [0.25, 0.3) is 76.5 Å². The van der Waals surface area contributed by atoms with Crippen molar-refractivity contribution in [1.29, 1.82) is 0 Å². The lowest BCUT2D eigenvalue weighted by Gasteiger charge is -2.19. The SMILES string of the molecule is Oc1c(-c2ccc3ccccc3c2)cc2ccccc2c1-c1c(O)c(-c2ccc3ccccc3c2)cc2ccccc12.S. The summed E-state index contributed by atoms with van der Waals surface area (Å²) in [6.45, 7) is 0. The van der Waals surface area contributed by atoms with Gasteiger partial charge in [-0.25, -0.2) is 0 Å². The van der Waals surface area contributed by atoms with E-state index in [2.05, 4.69) is 72.8 Å². The molecular weight excluding hydrogens is 545 g/mol. The van der Waals surface area contributed by atoms with Crippen LogP contribution in [0.2, 0.25) is 0 Å². The van der Waals surface area contributed by atoms with Crippen LogP contribution in [-0.2, 0) is 0 Å². The first kappa shape index (κ1) is 26.6. The summed E-state index contributed by atoms with van der Waals surface area (Å²) < 4.78 is 0. The molecule has 3 heteroatoms. The number of benzene rings is 8. The standard InChI is InChI=1S/C40H26O2.H2S/c41-39-35(31-19-17-25-9-1-3-11-27(25)21-31)23-29-13-5-7-15-33(29)37(39)38-34-16-8-6-14-30(34)24-36(40(38)42)32-20-18-26-10-2-4-12-28(26)22-32;/h1-24,41-42H;1H2. The lowest BCUT2D eigenvalue weighted by Crippen LogP contribution is -1.92. The van der Waals surface area contributed by atoms with E-state index in [1.165, 1.54) is 0 Å². The second-order valence-corrected chi connectivity index (χ2v) is 10.9. The molecule has 0 saturated heterocycles. The molecule has 0 unspecified atom stereocenters. The Balaban J connectivity index is 0.00000300. The third-order valence-corrected chi connectivity index (χ3v) is 8.41. The molecule has 0 fully saturated rings. The summed E-state index contributed by atoms with van der Waals surface area (Å²) in [5.74, 6) is 0.306. The molecule has 0 radical (unpaired) electrons. The Morgan fingerprint density at radius 1 is 0.326 bits per heavy atom. The van der Waals surface area contributed by atoms with E-state index >= 15 is 0 Å². The van der Waals surface area contributed by atoms with E-state index in [1.54, 1.807) is 0 Å². The van der Waals surface area contributed by atoms with Crippen molar-refractivity contribution in [2.45, 2.75) is 0 Å². The van der Waals surface area contributed by atoms with Crippen LogP contribution in [0, 0.1) is 0 Å². The first-order valence-electron chi connectivity index (χ1n) is 14.1. The minimum absolute atomic E-state index is 0. The molecule has 0 aromatic heterocycles. The second kappa shape index (κ2) is 10.5. The summed E-state index contributed by atoms with van der Waals surface area (Å²) >= 11 is 0. The van der Waals surface area contributed by atoms with Gasteiger partial charge in [-0.05, 0) is 78.5 Å². The van der Waals surface area contributed by atoms with E-state index in [9.17, 15) is 10.2 Å². The maximum absolute atomic E-state index is 12.1. The van der Waals surface area contributed by atoms with Gasteiger partial charge in [0.25, 0.3) is 0 Å². The molecule has 0 aliphatic carbocycles. The van der Waals surface area contributed by atoms with Crippen molar-refractivity contribution >= 4 is 56.6 Å². The van der Waals surface area contributed by atoms with Gasteiger partial charge in [0, 0.05) is 22.3 Å². The fourth-order valence-corrected chi connectivity index (χ4v) is 6.33. The average Bonchev–Trinajstić information content (AvgIpc) is 3.04. The Kier molecular flexibility index (Phi) is 6.53. The van der Waals surface area contributed by atoms with Crippen molar-refractivity contribution in [3.63, 3.8) is 0 Å². The smallest absolute Gasteiger partial charge is 0.132 e. The van der Waals surface area contributed by atoms with Gasteiger partial charge in [0.2, 0.25) is 0 Å². The zero-order valence-corrected chi connectivity index (χ0v) is 24.3. The van der Waals surface area contributed by atoms with E-state index in [0.29, 0.717) is 11.1 Å². The van der Waals surface area contributed by atoms with Gasteiger partial charge in [-0.1, -0.05) is 121 Å². The fourth-order valence-electron chi connectivity index (χ4n) is 6.33. The summed E-state index contributed by atoms with van der Waals surface area (Å²) in [5.41, 5.74) is 4.57. The number of phenols is 2. The highest BCUT2D eigenvalue weighted by Crippen LogP contribution is 2.51. The predicted octanol–water partition coefficient (Wildman–Crippen LogP) is 10.8. The maximum atomic E-state index is 12.1. The lowest BCUT2D eigenvalue weighted by atomic mass is 9.86. The Bertz CT molecular complexity index is 2170. The highest BCUT2D eigenvalue weighted by molar-refractivity contribution is 7.59. The van der Waals surface area contributed by atoms with Crippen LogP contribution in [0.3, 0.4) is 0 Å². The highest BCUT2D eigenvalue weighted by Gasteiger charge is 2.23. The molecule has 2 N–H and O–H groups in total. The van der Waals surface area contributed by atoms with Crippen LogP contribution in [0.1, 0.15) is 0 Å². The number of fused-ring (bicyclic) bond motifs is 4. The van der Waals surface area contributed by atoms with Crippen LogP contribution in [0.15, 0.2) is 146 Å². The topological polar surface area (TPSA) is 40.5 Å². The average molecular weight is 573 g/mol. The van der Waals surface area contributed by atoms with E-state index in [0.717, 1.165) is 65.3 Å². The van der Waals surface area contributed by atoms with Gasteiger partial charge in [0.05, 0.1) is 0 Å². The molecule has 0 aliphatic heterocycles. The van der Waals surface area contributed by atoms with Crippen LogP contribution in [0.5, 0.6) is 11.5 Å². The van der Waals surface area contributed by atoms with Crippen LogP contribution >= 0.6 is 13.5 Å². The van der Waals surface area contributed by atoms with Crippen molar-refractivity contribution in [2.24, 2.45) is 0 Å². The molecule has 8 aromatic rings. The van der Waals surface area contributed by atoms with Gasteiger partial charge in [-0.3, -0.25) is 0 Å². The molecule has 8 rings (SSSR count). The number of aromatic hydroxyl groups is 2. The van der Waals surface area contributed by atoms with Crippen molar-refractivity contribution < 1.29 is 10.2 Å². The minimum atomic E-state index is 0. The molecule has 8 aromatic carbocycles. The Hall–Kier alpha value is -5.25. The molecule has 0 atom stereocenters. The molecule has 0 spiro atoms. The predicted molar refractivity (Wildman–Crippen MR) is 186 cm³/mol. The third-order valence-electron chi connectivity index (χ3n) is 8.41. The first-order valence-corrected chi connectivity index (χ1v) is 14.1. The van der Waals surface area contributed by atoms with E-state index < -0.39 is 0 Å². The monoisotopic (exact) mass is 572 g/mol. The van der Waals surface area contributed by atoms with Crippen molar-refractivity contribution in [1.82, 2.24) is 0 Å². The number of hydrogen-bond acceptors (Lipinski definition) is 2. The lowest BCUT2D eigenvalue weighted by molar-refractivity contribution is 0.472. The van der Waals surface area contributed by atoms with E-state index in [1.807, 2.05) is 72.8 Å². The maximum Gasteiger partial charge on any atom is 0.132 e. The van der Waals surface area contributed by atoms with E-state index in [-0.39, 0.29) is 25.0 Å². The highest BCUT2D eigenvalue weighted by atomic mass is 32.1. The molecule has 2 nitrogen and oxygen atoms in total. The fraction of sp³-hybridized carbons (Fsp3) is 0.